The van der Waals surface area contributed by atoms with Crippen molar-refractivity contribution in [2.24, 2.45) is 0 Å². The molecule has 0 unspecified atom stereocenters. The second-order valence-corrected chi connectivity index (χ2v) is 7.64. The summed E-state index contributed by atoms with van der Waals surface area (Å²) in [5, 5.41) is 1.43. The molecule has 3 rings (SSSR count). The molecular weight excluding hydrogens is 373 g/mol. The van der Waals surface area contributed by atoms with Crippen molar-refractivity contribution in [3.63, 3.8) is 0 Å². The molecule has 1 aromatic heterocycles. The van der Waals surface area contributed by atoms with Crippen molar-refractivity contribution in [1.82, 2.24) is 4.98 Å². The van der Waals surface area contributed by atoms with Gasteiger partial charge in [0.25, 0.3) is 0 Å². The van der Waals surface area contributed by atoms with Crippen molar-refractivity contribution < 1.29 is 23.5 Å². The Bertz CT molecular complexity index is 1090. The van der Waals surface area contributed by atoms with Gasteiger partial charge >= 0.3 is 11.9 Å². The number of ether oxygens (including phenoxy) is 2. The molecule has 0 amide bonds. The average molecular weight is 395 g/mol. The standard InChI is InChI=1S/C23H22FNO4/c1-23(2,3)29-21(26)15-10-9-14(19(24)11-15)12-20-17-8-6-5-7-16(17)18(13-25-20)22(27)28-4/h5-11,13H,12H2,1-4H3. The van der Waals surface area contributed by atoms with E-state index in [1.807, 2.05) is 18.2 Å². The predicted molar refractivity (Wildman–Crippen MR) is 107 cm³/mol. The average Bonchev–Trinajstić information content (AvgIpc) is 2.67. The number of fused-ring (bicyclic) bond motifs is 1. The normalized spacial score (nSPS) is 11.3. The second-order valence-electron chi connectivity index (χ2n) is 7.64. The summed E-state index contributed by atoms with van der Waals surface area (Å²) in [5.74, 6) is -1.57. The smallest absolute Gasteiger partial charge is 0.340 e. The maximum atomic E-state index is 14.7. The molecule has 0 saturated carbocycles. The molecule has 0 bridgehead atoms. The summed E-state index contributed by atoms with van der Waals surface area (Å²) in [5.41, 5.74) is 0.863. The van der Waals surface area contributed by atoms with E-state index in [4.69, 9.17) is 9.47 Å². The van der Waals surface area contributed by atoms with E-state index in [-0.39, 0.29) is 12.0 Å². The third-order valence-corrected chi connectivity index (χ3v) is 4.33. The van der Waals surface area contributed by atoms with E-state index in [1.165, 1.54) is 25.4 Å². The first-order valence-electron chi connectivity index (χ1n) is 9.16. The number of benzene rings is 2. The van der Waals surface area contributed by atoms with Crippen molar-refractivity contribution in [2.45, 2.75) is 32.8 Å². The summed E-state index contributed by atoms with van der Waals surface area (Å²) >= 11 is 0. The second kappa shape index (κ2) is 7.99. The molecule has 0 N–H and O–H groups in total. The lowest BCUT2D eigenvalue weighted by atomic mass is 9.99. The lowest BCUT2D eigenvalue weighted by molar-refractivity contribution is 0.00688. The van der Waals surface area contributed by atoms with Crippen molar-refractivity contribution in [1.29, 1.82) is 0 Å². The van der Waals surface area contributed by atoms with Gasteiger partial charge in [0.15, 0.2) is 0 Å². The lowest BCUT2D eigenvalue weighted by Gasteiger charge is -2.19. The van der Waals surface area contributed by atoms with Crippen molar-refractivity contribution in [3.05, 3.63) is 76.9 Å². The molecule has 3 aromatic rings. The molecule has 0 aliphatic carbocycles. The molecule has 150 valence electrons. The number of carbonyl (C=O) groups excluding carboxylic acids is 2. The highest BCUT2D eigenvalue weighted by atomic mass is 19.1. The zero-order valence-electron chi connectivity index (χ0n) is 16.8. The zero-order valence-corrected chi connectivity index (χ0v) is 16.8. The summed E-state index contributed by atoms with van der Waals surface area (Å²) in [7, 11) is 1.31. The van der Waals surface area contributed by atoms with E-state index in [0.717, 1.165) is 5.39 Å². The molecule has 29 heavy (non-hydrogen) atoms. The molecule has 0 radical (unpaired) electrons. The Morgan fingerprint density at radius 1 is 1.03 bits per heavy atom. The molecule has 0 saturated heterocycles. The van der Waals surface area contributed by atoms with Crippen molar-refractivity contribution >= 4 is 22.7 Å². The van der Waals surface area contributed by atoms with E-state index in [2.05, 4.69) is 4.98 Å². The molecule has 0 spiro atoms. The Balaban J connectivity index is 1.94. The molecular formula is C23H22FNO4. The van der Waals surface area contributed by atoms with Crippen LogP contribution in [0.3, 0.4) is 0 Å². The topological polar surface area (TPSA) is 65.5 Å². The van der Waals surface area contributed by atoms with Crippen LogP contribution in [-0.4, -0.2) is 29.6 Å². The minimum atomic E-state index is -0.656. The molecule has 5 nitrogen and oxygen atoms in total. The number of rotatable bonds is 4. The number of hydrogen-bond acceptors (Lipinski definition) is 5. The summed E-state index contributed by atoms with van der Waals surface area (Å²) in [6, 6.07) is 11.5. The number of methoxy groups -OCH3 is 1. The Hall–Kier alpha value is -3.28. The van der Waals surface area contributed by atoms with Crippen LogP contribution in [0.5, 0.6) is 0 Å². The van der Waals surface area contributed by atoms with Gasteiger partial charge in [-0.25, -0.2) is 14.0 Å². The third kappa shape index (κ3) is 4.59. The Labute approximate surface area is 168 Å². The van der Waals surface area contributed by atoms with Crippen molar-refractivity contribution in [3.8, 4) is 0 Å². The van der Waals surface area contributed by atoms with Gasteiger partial charge < -0.3 is 9.47 Å². The van der Waals surface area contributed by atoms with Crippen LogP contribution in [-0.2, 0) is 15.9 Å². The first-order chi connectivity index (χ1) is 13.7. The quantitative estimate of drug-likeness (QED) is 0.599. The predicted octanol–water partition coefficient (Wildman–Crippen LogP) is 4.71. The van der Waals surface area contributed by atoms with Crippen molar-refractivity contribution in [2.75, 3.05) is 7.11 Å². The van der Waals surface area contributed by atoms with Crippen LogP contribution < -0.4 is 0 Å². The fourth-order valence-corrected chi connectivity index (χ4v) is 3.00. The summed E-state index contributed by atoms with van der Waals surface area (Å²) < 4.78 is 24.8. The van der Waals surface area contributed by atoms with Gasteiger partial charge in [-0.3, -0.25) is 4.98 Å². The number of hydrogen-bond donors (Lipinski definition) is 0. The Kier molecular flexibility index (Phi) is 5.64. The first kappa shape index (κ1) is 20.5. The molecule has 0 atom stereocenters. The third-order valence-electron chi connectivity index (χ3n) is 4.33. The highest BCUT2D eigenvalue weighted by molar-refractivity contribution is 6.04. The monoisotopic (exact) mass is 395 g/mol. The zero-order chi connectivity index (χ0) is 21.2. The van der Waals surface area contributed by atoms with E-state index in [0.29, 0.717) is 22.2 Å². The van der Waals surface area contributed by atoms with Gasteiger partial charge in [0, 0.05) is 18.0 Å². The van der Waals surface area contributed by atoms with Crippen LogP contribution in [0.25, 0.3) is 10.8 Å². The van der Waals surface area contributed by atoms with Gasteiger partial charge in [0.2, 0.25) is 0 Å². The van der Waals surface area contributed by atoms with E-state index < -0.39 is 23.4 Å². The van der Waals surface area contributed by atoms with Gasteiger partial charge in [-0.1, -0.05) is 30.3 Å². The molecule has 6 heteroatoms. The van der Waals surface area contributed by atoms with Gasteiger partial charge in [-0.2, -0.15) is 0 Å². The Morgan fingerprint density at radius 2 is 1.72 bits per heavy atom. The number of nitrogens with zero attached hydrogens (tertiary/aromatic N) is 1. The van der Waals surface area contributed by atoms with E-state index in [1.54, 1.807) is 32.9 Å². The Morgan fingerprint density at radius 3 is 2.34 bits per heavy atom. The largest absolute Gasteiger partial charge is 0.465 e. The number of halogens is 1. The van der Waals surface area contributed by atoms with Gasteiger partial charge in [-0.15, -0.1) is 0 Å². The van der Waals surface area contributed by atoms with E-state index in [9.17, 15) is 14.0 Å². The molecule has 1 heterocycles. The first-order valence-corrected chi connectivity index (χ1v) is 9.16. The van der Waals surface area contributed by atoms with Gasteiger partial charge in [-0.05, 0) is 43.9 Å². The van der Waals surface area contributed by atoms with Gasteiger partial charge in [0.1, 0.15) is 11.4 Å². The highest BCUT2D eigenvalue weighted by Gasteiger charge is 2.20. The van der Waals surface area contributed by atoms with Crippen LogP contribution in [0.1, 0.15) is 52.7 Å². The minimum Gasteiger partial charge on any atom is -0.465 e. The maximum Gasteiger partial charge on any atom is 0.340 e. The van der Waals surface area contributed by atoms with Crippen LogP contribution in [0, 0.1) is 5.82 Å². The fraction of sp³-hybridized carbons (Fsp3) is 0.261. The summed E-state index contributed by atoms with van der Waals surface area (Å²) in [6.07, 6.45) is 1.65. The number of esters is 2. The summed E-state index contributed by atoms with van der Waals surface area (Å²) in [6.45, 7) is 5.26. The molecule has 0 aliphatic heterocycles. The molecule has 0 fully saturated rings. The van der Waals surface area contributed by atoms with E-state index >= 15 is 0 Å². The number of aromatic nitrogens is 1. The maximum absolute atomic E-state index is 14.7. The highest BCUT2D eigenvalue weighted by Crippen LogP contribution is 2.25. The van der Waals surface area contributed by atoms with Crippen LogP contribution in [0.2, 0.25) is 0 Å². The van der Waals surface area contributed by atoms with Crippen LogP contribution in [0.4, 0.5) is 4.39 Å². The molecule has 2 aromatic carbocycles. The summed E-state index contributed by atoms with van der Waals surface area (Å²) in [4.78, 5) is 28.5. The minimum absolute atomic E-state index is 0.153. The van der Waals surface area contributed by atoms with Crippen LogP contribution >= 0.6 is 0 Å². The SMILES string of the molecule is COC(=O)c1cnc(Cc2ccc(C(=O)OC(C)(C)C)cc2F)c2ccccc12. The number of carbonyl (C=O) groups is 2. The number of pyridine rings is 1. The van der Waals surface area contributed by atoms with Crippen LogP contribution in [0.15, 0.2) is 48.7 Å². The fourth-order valence-electron chi connectivity index (χ4n) is 3.00. The molecule has 0 aliphatic rings. The lowest BCUT2D eigenvalue weighted by Crippen LogP contribution is -2.24. The van der Waals surface area contributed by atoms with Gasteiger partial charge in [0.05, 0.1) is 23.9 Å².